The Labute approximate surface area is 62.5 Å². The van der Waals surface area contributed by atoms with Crippen LogP contribution >= 0.6 is 0 Å². The molecule has 0 aliphatic heterocycles. The predicted octanol–water partition coefficient (Wildman–Crippen LogP) is 1.84. The largest absolute Gasteiger partial charge is 0.504 e. The number of furan rings is 1. The lowest BCUT2D eigenvalue weighted by Crippen LogP contribution is -1.67. The summed E-state index contributed by atoms with van der Waals surface area (Å²) >= 11 is 0. The van der Waals surface area contributed by atoms with Gasteiger partial charge in [0.05, 0.1) is 12.5 Å². The highest BCUT2D eigenvalue weighted by molar-refractivity contribution is 5.84. The van der Waals surface area contributed by atoms with Crippen LogP contribution in [0.3, 0.4) is 0 Å². The van der Waals surface area contributed by atoms with Crippen LogP contribution in [0.2, 0.25) is 0 Å². The molecule has 0 atom stereocenters. The number of hydrogen-bond acceptors (Lipinski definition) is 3. The molecule has 3 nitrogen and oxygen atoms in total. The maximum Gasteiger partial charge on any atom is 0.158 e. The molecule has 0 amide bonds. The van der Waals surface area contributed by atoms with E-state index in [2.05, 4.69) is 0 Å². The molecule has 2 rings (SSSR count). The van der Waals surface area contributed by atoms with Crippen molar-refractivity contribution in [2.24, 2.45) is 0 Å². The van der Waals surface area contributed by atoms with E-state index in [1.807, 2.05) is 0 Å². The molecule has 0 radical (unpaired) electrons. The molecule has 0 aliphatic carbocycles. The molecule has 56 valence electrons. The van der Waals surface area contributed by atoms with Gasteiger partial charge in [0, 0.05) is 10.8 Å². The molecule has 1 aromatic heterocycles. The lowest BCUT2D eigenvalue weighted by Gasteiger charge is -1.94. The minimum absolute atomic E-state index is 0.126. The monoisotopic (exact) mass is 150 g/mol. The van der Waals surface area contributed by atoms with Gasteiger partial charge >= 0.3 is 0 Å². The van der Waals surface area contributed by atoms with Gasteiger partial charge in [0.25, 0.3) is 0 Å². The van der Waals surface area contributed by atoms with Crippen LogP contribution in [0.25, 0.3) is 10.8 Å². The Morgan fingerprint density at radius 1 is 0.909 bits per heavy atom. The molecule has 0 saturated carbocycles. The standard InChI is InChI=1S/C8H6O3/c9-7-1-5-3-11-4-6(5)2-8(7)10/h1-4,9-10H. The van der Waals surface area contributed by atoms with Crippen LogP contribution in [-0.2, 0) is 0 Å². The summed E-state index contributed by atoms with van der Waals surface area (Å²) in [7, 11) is 0. The molecule has 3 heteroatoms. The van der Waals surface area contributed by atoms with Crippen LogP contribution in [0, 0.1) is 0 Å². The van der Waals surface area contributed by atoms with Crippen molar-refractivity contribution in [3.63, 3.8) is 0 Å². The molecule has 0 unspecified atom stereocenters. The van der Waals surface area contributed by atoms with E-state index in [9.17, 15) is 0 Å². The number of phenolic OH excluding ortho intramolecular Hbond substituents is 2. The van der Waals surface area contributed by atoms with E-state index in [1.165, 1.54) is 24.7 Å². The smallest absolute Gasteiger partial charge is 0.158 e. The van der Waals surface area contributed by atoms with Gasteiger partial charge in [0.1, 0.15) is 0 Å². The second-order valence-electron chi connectivity index (χ2n) is 2.34. The first-order valence-electron chi connectivity index (χ1n) is 3.15. The lowest BCUT2D eigenvalue weighted by atomic mass is 10.2. The highest BCUT2D eigenvalue weighted by Gasteiger charge is 2.02. The van der Waals surface area contributed by atoms with Crippen LogP contribution in [0.1, 0.15) is 0 Å². The molecule has 2 aromatic rings. The summed E-state index contributed by atoms with van der Waals surface area (Å²) in [5, 5.41) is 19.6. The van der Waals surface area contributed by atoms with E-state index >= 15 is 0 Å². The van der Waals surface area contributed by atoms with E-state index in [-0.39, 0.29) is 11.5 Å². The Morgan fingerprint density at radius 2 is 1.36 bits per heavy atom. The van der Waals surface area contributed by atoms with E-state index in [1.54, 1.807) is 0 Å². The van der Waals surface area contributed by atoms with Gasteiger partial charge in [-0.3, -0.25) is 0 Å². The number of hydrogen-bond donors (Lipinski definition) is 2. The number of phenols is 2. The van der Waals surface area contributed by atoms with Crippen molar-refractivity contribution < 1.29 is 14.6 Å². The first kappa shape index (κ1) is 6.09. The Hall–Kier alpha value is -1.64. The molecule has 1 heterocycles. The molecule has 0 spiro atoms. The summed E-state index contributed by atoms with van der Waals surface area (Å²) in [6, 6.07) is 2.91. The normalized spacial score (nSPS) is 10.5. The van der Waals surface area contributed by atoms with Gasteiger partial charge in [-0.05, 0) is 12.1 Å². The molecule has 0 bridgehead atoms. The molecule has 11 heavy (non-hydrogen) atoms. The molecule has 1 aromatic carbocycles. The number of aromatic hydroxyl groups is 2. The average molecular weight is 150 g/mol. The first-order valence-corrected chi connectivity index (χ1v) is 3.15. The van der Waals surface area contributed by atoms with Crippen LogP contribution in [0.5, 0.6) is 11.5 Å². The summed E-state index contributed by atoms with van der Waals surface area (Å²) in [5.41, 5.74) is 0. The van der Waals surface area contributed by atoms with Crippen molar-refractivity contribution in [2.45, 2.75) is 0 Å². The molecule has 0 fully saturated rings. The quantitative estimate of drug-likeness (QED) is 0.563. The van der Waals surface area contributed by atoms with E-state index in [4.69, 9.17) is 14.6 Å². The number of fused-ring (bicyclic) bond motifs is 1. The van der Waals surface area contributed by atoms with Crippen molar-refractivity contribution in [3.8, 4) is 11.5 Å². The van der Waals surface area contributed by atoms with E-state index in [0.717, 1.165) is 10.8 Å². The Bertz CT molecular complexity index is 353. The van der Waals surface area contributed by atoms with Crippen LogP contribution < -0.4 is 0 Å². The van der Waals surface area contributed by atoms with Gasteiger partial charge < -0.3 is 14.6 Å². The van der Waals surface area contributed by atoms with Gasteiger partial charge in [-0.15, -0.1) is 0 Å². The Morgan fingerprint density at radius 3 is 1.82 bits per heavy atom. The lowest BCUT2D eigenvalue weighted by molar-refractivity contribution is 0.405. The summed E-state index contributed by atoms with van der Waals surface area (Å²) in [5.74, 6) is -0.252. The minimum Gasteiger partial charge on any atom is -0.504 e. The molecule has 0 saturated heterocycles. The van der Waals surface area contributed by atoms with Crippen LogP contribution in [-0.4, -0.2) is 10.2 Å². The van der Waals surface area contributed by atoms with Crippen LogP contribution in [0.4, 0.5) is 0 Å². The molecular weight excluding hydrogens is 144 g/mol. The highest BCUT2D eigenvalue weighted by Crippen LogP contribution is 2.30. The topological polar surface area (TPSA) is 53.6 Å². The number of rotatable bonds is 0. The Kier molecular flexibility index (Phi) is 1.06. The maximum atomic E-state index is 9.04. The van der Waals surface area contributed by atoms with E-state index in [0.29, 0.717) is 0 Å². The predicted molar refractivity (Wildman–Crippen MR) is 39.5 cm³/mol. The minimum atomic E-state index is -0.126. The van der Waals surface area contributed by atoms with Crippen molar-refractivity contribution in [2.75, 3.05) is 0 Å². The summed E-state index contributed by atoms with van der Waals surface area (Å²) in [6.07, 6.45) is 3.02. The van der Waals surface area contributed by atoms with Gasteiger partial charge in [-0.2, -0.15) is 0 Å². The fourth-order valence-corrected chi connectivity index (χ4v) is 0.994. The number of benzene rings is 1. The second kappa shape index (κ2) is 1.92. The van der Waals surface area contributed by atoms with Gasteiger partial charge in [0.15, 0.2) is 11.5 Å². The van der Waals surface area contributed by atoms with Crippen LogP contribution in [0.15, 0.2) is 29.1 Å². The van der Waals surface area contributed by atoms with Gasteiger partial charge in [-0.25, -0.2) is 0 Å². The summed E-state index contributed by atoms with van der Waals surface area (Å²) in [4.78, 5) is 0. The fraction of sp³-hybridized carbons (Fsp3) is 0. The van der Waals surface area contributed by atoms with Crippen molar-refractivity contribution in [1.82, 2.24) is 0 Å². The second-order valence-corrected chi connectivity index (χ2v) is 2.34. The maximum absolute atomic E-state index is 9.04. The summed E-state index contributed by atoms with van der Waals surface area (Å²) in [6.45, 7) is 0. The fourth-order valence-electron chi connectivity index (χ4n) is 0.994. The third-order valence-corrected chi connectivity index (χ3v) is 1.57. The van der Waals surface area contributed by atoms with Crippen molar-refractivity contribution in [1.29, 1.82) is 0 Å². The zero-order chi connectivity index (χ0) is 7.84. The third kappa shape index (κ3) is 0.816. The molecule has 0 aliphatic rings. The Balaban J connectivity index is 2.86. The van der Waals surface area contributed by atoms with Crippen molar-refractivity contribution in [3.05, 3.63) is 24.7 Å². The average Bonchev–Trinajstić information content (AvgIpc) is 2.36. The first-order chi connectivity index (χ1) is 5.27. The zero-order valence-corrected chi connectivity index (χ0v) is 5.61. The molecule has 2 N–H and O–H groups in total. The highest BCUT2D eigenvalue weighted by atomic mass is 16.3. The van der Waals surface area contributed by atoms with Crippen molar-refractivity contribution >= 4 is 10.8 Å². The van der Waals surface area contributed by atoms with Gasteiger partial charge in [-0.1, -0.05) is 0 Å². The molecular formula is C8H6O3. The third-order valence-electron chi connectivity index (χ3n) is 1.57. The van der Waals surface area contributed by atoms with Gasteiger partial charge in [0.2, 0.25) is 0 Å². The van der Waals surface area contributed by atoms with E-state index < -0.39 is 0 Å². The zero-order valence-electron chi connectivity index (χ0n) is 5.61. The summed E-state index contributed by atoms with van der Waals surface area (Å²) < 4.78 is 4.85. The SMILES string of the molecule is Oc1cc2cocc2cc1O.